The molecule has 0 aromatic heterocycles. The molecule has 0 aliphatic carbocycles. The van der Waals surface area contributed by atoms with E-state index in [1.807, 2.05) is 0 Å². The third kappa shape index (κ3) is 38.7. The van der Waals surface area contributed by atoms with Gasteiger partial charge < -0.3 is 100 Å². The van der Waals surface area contributed by atoms with Gasteiger partial charge in [0.1, 0.15) is 67.1 Å². The molecule has 3 aliphatic rings. The molecule has 2 amide bonds. The number of carbonyl (C=O) groups excluding carboxylic acids is 2. The van der Waals surface area contributed by atoms with Crippen molar-refractivity contribution in [1.29, 1.82) is 0 Å². The van der Waals surface area contributed by atoms with Gasteiger partial charge in [0.2, 0.25) is 11.8 Å². The molecular formula is C79H150N2O21. The van der Waals surface area contributed by atoms with Gasteiger partial charge in [-0.25, -0.2) is 4.79 Å². The van der Waals surface area contributed by atoms with Crippen LogP contribution in [0.15, 0.2) is 0 Å². The number of amides is 2. The van der Waals surface area contributed by atoms with Gasteiger partial charge in [-0.1, -0.05) is 316 Å². The Morgan fingerprint density at radius 2 is 0.853 bits per heavy atom. The van der Waals surface area contributed by atoms with Crippen molar-refractivity contribution < 1.29 is 104 Å². The first-order valence-electron chi connectivity index (χ1n) is 41.4. The molecule has 0 spiro atoms. The van der Waals surface area contributed by atoms with Gasteiger partial charge in [-0.15, -0.1) is 0 Å². The first-order chi connectivity index (χ1) is 49.4. The molecule has 602 valence electrons. The number of nitrogens with one attached hydrogen (secondary N) is 2. The van der Waals surface area contributed by atoms with Crippen molar-refractivity contribution >= 4 is 17.8 Å². The second kappa shape index (κ2) is 58.7. The summed E-state index contributed by atoms with van der Waals surface area (Å²) < 4.78 is 34.9. The lowest BCUT2D eigenvalue weighted by Crippen LogP contribution is -2.70. The number of carbonyl (C=O) groups is 3. The predicted molar refractivity (Wildman–Crippen MR) is 394 cm³/mol. The Bertz CT molecular complexity index is 2040. The van der Waals surface area contributed by atoms with Crippen LogP contribution in [-0.4, -0.2) is 215 Å². The summed E-state index contributed by atoms with van der Waals surface area (Å²) in [5.41, 5.74) is 0. The number of aliphatic hydroxyl groups is 11. The minimum atomic E-state index is -3.08. The zero-order valence-electron chi connectivity index (χ0n) is 63.7. The highest BCUT2D eigenvalue weighted by Crippen LogP contribution is 2.39. The lowest BCUT2D eigenvalue weighted by Gasteiger charge is -2.50. The number of ether oxygens (including phenoxy) is 6. The molecule has 23 heteroatoms. The number of rotatable bonds is 66. The third-order valence-electron chi connectivity index (χ3n) is 21.3. The SMILES string of the molecule is CCCCCCCCCCCCCCCCCCCCCCCCCCCCCCCCCCCCCCCC(=O)NC(COC1OC(CO)C(OC2OC(CO)C(O)C(OC3(C(=O)O)CC(O)C(NC(C)=O)C(C(O)C(O)CO)O3)C2O)C(O)C1O)C(O)CCCCCCCCCCCCC. The van der Waals surface area contributed by atoms with Crippen LogP contribution in [0.2, 0.25) is 0 Å². The van der Waals surface area contributed by atoms with E-state index in [1.165, 1.54) is 250 Å². The summed E-state index contributed by atoms with van der Waals surface area (Å²) in [6.07, 6.45) is 33.1. The number of hydrogen-bond donors (Lipinski definition) is 14. The first-order valence-corrected chi connectivity index (χ1v) is 41.4. The minimum Gasteiger partial charge on any atom is -0.477 e. The average Bonchev–Trinajstić information content (AvgIpc) is 0.756. The Morgan fingerprint density at radius 3 is 1.23 bits per heavy atom. The van der Waals surface area contributed by atoms with Crippen LogP contribution in [0.4, 0.5) is 0 Å². The number of unbranched alkanes of at least 4 members (excludes halogenated alkanes) is 46. The van der Waals surface area contributed by atoms with Crippen LogP contribution >= 0.6 is 0 Å². The number of aliphatic carboxylic acids is 1. The molecule has 3 rings (SSSR count). The molecule has 0 saturated carbocycles. The smallest absolute Gasteiger partial charge is 0.364 e. The molecule has 18 unspecified atom stereocenters. The van der Waals surface area contributed by atoms with Crippen LogP contribution in [-0.2, 0) is 42.8 Å². The van der Waals surface area contributed by atoms with Crippen molar-refractivity contribution in [3.63, 3.8) is 0 Å². The maximum absolute atomic E-state index is 13.5. The monoisotopic (exact) mass is 1460 g/mol. The van der Waals surface area contributed by atoms with Crippen molar-refractivity contribution in [2.75, 3.05) is 26.4 Å². The van der Waals surface area contributed by atoms with Crippen molar-refractivity contribution in [1.82, 2.24) is 10.6 Å². The van der Waals surface area contributed by atoms with Gasteiger partial charge in [0, 0.05) is 19.8 Å². The van der Waals surface area contributed by atoms with Crippen LogP contribution in [0.5, 0.6) is 0 Å². The largest absolute Gasteiger partial charge is 0.477 e. The molecule has 0 bridgehead atoms. The zero-order valence-corrected chi connectivity index (χ0v) is 63.7. The first kappa shape index (κ1) is 93.9. The molecule has 3 saturated heterocycles. The van der Waals surface area contributed by atoms with E-state index >= 15 is 0 Å². The lowest BCUT2D eigenvalue weighted by molar-refractivity contribution is -0.386. The molecule has 0 radical (unpaired) electrons. The summed E-state index contributed by atoms with van der Waals surface area (Å²) in [6.45, 7) is 2.23. The van der Waals surface area contributed by atoms with Crippen LogP contribution in [0.1, 0.15) is 348 Å². The Hall–Kier alpha value is -2.27. The highest BCUT2D eigenvalue weighted by Gasteiger charge is 2.60. The average molecular weight is 1460 g/mol. The number of aliphatic hydroxyl groups excluding tert-OH is 11. The van der Waals surface area contributed by atoms with Gasteiger partial charge in [0.05, 0.1) is 50.7 Å². The van der Waals surface area contributed by atoms with Gasteiger partial charge in [-0.05, 0) is 12.8 Å². The van der Waals surface area contributed by atoms with E-state index in [0.717, 1.165) is 51.9 Å². The Balaban J connectivity index is 1.38. The Morgan fingerprint density at radius 1 is 0.471 bits per heavy atom. The quantitative estimate of drug-likeness (QED) is 0.0252. The van der Waals surface area contributed by atoms with Crippen molar-refractivity contribution in [2.24, 2.45) is 0 Å². The van der Waals surface area contributed by atoms with E-state index in [2.05, 4.69) is 24.5 Å². The summed E-state index contributed by atoms with van der Waals surface area (Å²) in [4.78, 5) is 38.6. The Labute approximate surface area is 614 Å². The molecule has 3 aliphatic heterocycles. The van der Waals surface area contributed by atoms with Crippen LogP contribution < -0.4 is 10.6 Å². The number of hydrogen-bond acceptors (Lipinski definition) is 20. The van der Waals surface area contributed by atoms with Crippen LogP contribution in [0.25, 0.3) is 0 Å². The fraction of sp³-hybridized carbons (Fsp3) is 0.962. The molecule has 23 nitrogen and oxygen atoms in total. The van der Waals surface area contributed by atoms with Gasteiger partial charge in [-0.2, -0.15) is 0 Å². The molecule has 14 N–H and O–H groups in total. The van der Waals surface area contributed by atoms with E-state index < -0.39 is 148 Å². The Kier molecular flexibility index (Phi) is 54.1. The molecule has 0 aromatic carbocycles. The van der Waals surface area contributed by atoms with E-state index in [1.54, 1.807) is 0 Å². The van der Waals surface area contributed by atoms with Crippen LogP contribution in [0, 0.1) is 0 Å². The third-order valence-corrected chi connectivity index (χ3v) is 21.3. The molecule has 0 aromatic rings. The van der Waals surface area contributed by atoms with Crippen molar-refractivity contribution in [3.8, 4) is 0 Å². The second-order valence-electron chi connectivity index (χ2n) is 30.4. The van der Waals surface area contributed by atoms with E-state index in [0.29, 0.717) is 19.3 Å². The normalized spacial score (nSPS) is 26.6. The van der Waals surface area contributed by atoms with E-state index in [9.17, 15) is 75.7 Å². The summed E-state index contributed by atoms with van der Waals surface area (Å²) in [6, 6.07) is -2.52. The summed E-state index contributed by atoms with van der Waals surface area (Å²) in [5, 5.41) is 136. The van der Waals surface area contributed by atoms with Crippen molar-refractivity contribution in [2.45, 2.75) is 458 Å². The van der Waals surface area contributed by atoms with Gasteiger partial charge in [0.25, 0.3) is 5.79 Å². The summed E-state index contributed by atoms with van der Waals surface area (Å²) in [5.74, 6) is -6.09. The standard InChI is InChI=1S/C79H150N2O21/c1-4-6-8-10-12-14-16-17-18-19-20-21-22-23-24-25-26-27-28-29-30-31-32-33-34-35-36-37-38-39-40-41-43-45-47-49-51-53-66(89)81-60(61(86)52-50-48-46-44-42-15-13-11-9-7-5-2)58-97-76-71(93)70(92)73(65(57-84)99-76)100-77-72(94)75(69(91)64(56-83)98-77)102-79(78(95)96)54-62(87)67(80-59(3)85)74(101-79)68(90)63(88)55-82/h60-65,67-77,82-84,86-88,90-94H,4-58H2,1-3H3,(H,80,85)(H,81,89)(H,95,96). The number of carboxylic acid groups (broad SMARTS) is 1. The fourth-order valence-electron chi connectivity index (χ4n) is 14.8. The maximum atomic E-state index is 13.5. The van der Waals surface area contributed by atoms with Crippen molar-refractivity contribution in [3.05, 3.63) is 0 Å². The molecule has 18 atom stereocenters. The van der Waals surface area contributed by atoms with E-state index in [-0.39, 0.29) is 18.9 Å². The summed E-state index contributed by atoms with van der Waals surface area (Å²) >= 11 is 0. The lowest BCUT2D eigenvalue weighted by atomic mass is 9.88. The molecule has 102 heavy (non-hydrogen) atoms. The van der Waals surface area contributed by atoms with Gasteiger partial charge in [-0.3, -0.25) is 9.59 Å². The van der Waals surface area contributed by atoms with E-state index in [4.69, 9.17) is 28.4 Å². The molecular weight excluding hydrogens is 1310 g/mol. The van der Waals surface area contributed by atoms with Gasteiger partial charge >= 0.3 is 5.97 Å². The zero-order chi connectivity index (χ0) is 74.6. The predicted octanol–water partition coefficient (Wildman–Crippen LogP) is 11.2. The number of carboxylic acids is 1. The highest BCUT2D eigenvalue weighted by molar-refractivity contribution is 5.77. The fourth-order valence-corrected chi connectivity index (χ4v) is 14.8. The minimum absolute atomic E-state index is 0.229. The second-order valence-corrected chi connectivity index (χ2v) is 30.4. The summed E-state index contributed by atoms with van der Waals surface area (Å²) in [7, 11) is 0. The molecule has 3 heterocycles. The molecule has 3 fully saturated rings. The maximum Gasteiger partial charge on any atom is 0.364 e. The topological polar surface area (TPSA) is 373 Å². The van der Waals surface area contributed by atoms with Gasteiger partial charge in [0.15, 0.2) is 12.6 Å². The highest BCUT2D eigenvalue weighted by atomic mass is 16.8. The van der Waals surface area contributed by atoms with Crippen LogP contribution in [0.3, 0.4) is 0 Å².